The number of nitrogens with one attached hydrogen (secondary N) is 3. The van der Waals surface area contributed by atoms with Gasteiger partial charge in [-0.05, 0) is 25.7 Å². The minimum Gasteiger partial charge on any atom is -0.593 e. The minimum absolute atomic E-state index is 0.115. The van der Waals surface area contributed by atoms with Crippen LogP contribution in [0.15, 0.2) is 17.0 Å². The Morgan fingerprint density at radius 2 is 1.97 bits per heavy atom. The van der Waals surface area contributed by atoms with Gasteiger partial charge >= 0.3 is 0 Å². The predicted molar refractivity (Wildman–Crippen MR) is 136 cm³/mol. The number of carbonyl (C=O) groups excluding carboxylic acids is 1. The number of anilines is 3. The highest BCUT2D eigenvalue weighted by Crippen LogP contribution is 2.46. The zero-order valence-corrected chi connectivity index (χ0v) is 21.7. The number of piperazine rings is 1. The number of rotatable bonds is 9. The summed E-state index contributed by atoms with van der Waals surface area (Å²) in [7, 11) is 0. The van der Waals surface area contributed by atoms with Crippen molar-refractivity contribution in [2.75, 3.05) is 36.4 Å². The smallest absolute Gasteiger partial charge is 0.291 e. The van der Waals surface area contributed by atoms with Gasteiger partial charge in [0.25, 0.3) is 6.43 Å². The monoisotopic (exact) mass is 548 g/mol. The molecule has 196 valence electrons. The molecular weight excluding hydrogens is 522 g/mol. The van der Waals surface area contributed by atoms with E-state index in [0.717, 1.165) is 19.1 Å². The second-order valence-corrected chi connectivity index (χ2v) is 12.0. The van der Waals surface area contributed by atoms with Crippen molar-refractivity contribution in [2.45, 2.75) is 49.5 Å². The van der Waals surface area contributed by atoms with Crippen LogP contribution in [0.2, 0.25) is 0 Å². The molecule has 1 aromatic heterocycles. The first kappa shape index (κ1) is 25.8. The molecule has 3 aliphatic rings. The summed E-state index contributed by atoms with van der Waals surface area (Å²) in [5.74, 6) is 0.165. The summed E-state index contributed by atoms with van der Waals surface area (Å²) in [6.07, 6.45) is 1.40. The van der Waals surface area contributed by atoms with E-state index < -0.39 is 28.3 Å². The van der Waals surface area contributed by atoms with Gasteiger partial charge in [-0.25, -0.2) is 8.78 Å². The highest BCUT2D eigenvalue weighted by atomic mass is 32.2. The van der Waals surface area contributed by atoms with Crippen LogP contribution in [0.4, 0.5) is 25.3 Å². The van der Waals surface area contributed by atoms with Gasteiger partial charge in [-0.1, -0.05) is 18.3 Å². The van der Waals surface area contributed by atoms with E-state index in [1.807, 2.05) is 16.7 Å². The summed E-state index contributed by atoms with van der Waals surface area (Å²) in [5, 5.41) is 27.4. The second-order valence-electron chi connectivity index (χ2n) is 9.82. The van der Waals surface area contributed by atoms with Gasteiger partial charge in [0.15, 0.2) is 9.90 Å². The lowest BCUT2D eigenvalue weighted by atomic mass is 10.1. The topological polar surface area (TPSA) is 144 Å². The number of amides is 1. The zero-order valence-electron chi connectivity index (χ0n) is 20.1. The third kappa shape index (κ3) is 5.26. The van der Waals surface area contributed by atoms with Crippen molar-refractivity contribution in [3.8, 4) is 6.07 Å². The van der Waals surface area contributed by atoms with Gasteiger partial charge in [-0.3, -0.25) is 4.79 Å². The average Bonchev–Trinajstić information content (AvgIpc) is 3.80. The first-order chi connectivity index (χ1) is 17.7. The molecule has 2 aliphatic carbocycles. The van der Waals surface area contributed by atoms with E-state index in [0.29, 0.717) is 72.2 Å². The Balaban J connectivity index is 1.44. The lowest BCUT2D eigenvalue weighted by Crippen LogP contribution is -2.50. The Labute approximate surface area is 219 Å². The molecule has 0 bridgehead atoms. The first-order valence-corrected chi connectivity index (χ1v) is 13.9. The van der Waals surface area contributed by atoms with E-state index in [1.54, 1.807) is 12.1 Å². The van der Waals surface area contributed by atoms with E-state index in [1.165, 1.54) is 0 Å². The molecule has 2 heterocycles. The van der Waals surface area contributed by atoms with Gasteiger partial charge < -0.3 is 25.1 Å². The summed E-state index contributed by atoms with van der Waals surface area (Å²) in [5.41, 5.74) is 0.371. The van der Waals surface area contributed by atoms with Gasteiger partial charge in [-0.15, -0.1) is 14.9 Å². The van der Waals surface area contributed by atoms with E-state index in [9.17, 15) is 23.4 Å². The van der Waals surface area contributed by atoms with E-state index in [-0.39, 0.29) is 16.5 Å². The van der Waals surface area contributed by atoms with Crippen molar-refractivity contribution >= 4 is 51.3 Å². The van der Waals surface area contributed by atoms with Crippen LogP contribution in [-0.2, 0) is 16.2 Å². The largest absolute Gasteiger partial charge is 0.593 e. The average molecular weight is 549 g/mol. The van der Waals surface area contributed by atoms with Gasteiger partial charge in [-0.2, -0.15) is 5.26 Å². The molecule has 1 atom stereocenters. The van der Waals surface area contributed by atoms with E-state index in [2.05, 4.69) is 26.3 Å². The molecule has 3 N–H and O–H groups in total. The summed E-state index contributed by atoms with van der Waals surface area (Å²) < 4.78 is 42.2. The lowest BCUT2D eigenvalue weighted by Gasteiger charge is -2.38. The maximum Gasteiger partial charge on any atom is 0.291 e. The molecular formula is C23H26F2N8O2S2. The van der Waals surface area contributed by atoms with Gasteiger partial charge in [0.2, 0.25) is 11.0 Å². The van der Waals surface area contributed by atoms with Crippen molar-refractivity contribution in [1.82, 2.24) is 19.8 Å². The van der Waals surface area contributed by atoms with Crippen LogP contribution >= 0.6 is 11.3 Å². The molecule has 2 aromatic rings. The zero-order chi connectivity index (χ0) is 26.4. The fraction of sp³-hybridized carbons (Fsp3) is 0.522. The molecule has 1 unspecified atom stereocenters. The summed E-state index contributed by atoms with van der Waals surface area (Å²) >= 11 is -1.04. The van der Waals surface area contributed by atoms with Crippen molar-refractivity contribution in [3.63, 3.8) is 0 Å². The highest BCUT2D eigenvalue weighted by molar-refractivity contribution is 7.89. The van der Waals surface area contributed by atoms with Crippen LogP contribution in [0.5, 0.6) is 0 Å². The third-order valence-electron chi connectivity index (χ3n) is 7.03. The molecule has 3 fully saturated rings. The Hall–Kier alpha value is -2.86. The number of alkyl halides is 2. The van der Waals surface area contributed by atoms with E-state index in [4.69, 9.17) is 5.41 Å². The summed E-state index contributed by atoms with van der Waals surface area (Å²) in [6.45, 7) is 4.06. The summed E-state index contributed by atoms with van der Waals surface area (Å²) in [4.78, 5) is 17.0. The molecule has 10 nitrogen and oxygen atoms in total. The summed E-state index contributed by atoms with van der Waals surface area (Å²) in [6, 6.07) is 5.44. The molecule has 2 saturated carbocycles. The normalized spacial score (nSPS) is 20.3. The standard InChI is InChI=1S/C23H26F2N8O2S2/c1-22(2-3-22)20(34)33-8-6-32(7-9-33)17-11-14(37(35)31-23(13-27)4-5-23)10-16(15(17)12-26)28-21-30-29-19(36-21)18(24)25/h10-12,18,26,31H,2-9H2,1H3,(H,28,30). The van der Waals surface area contributed by atoms with Crippen LogP contribution < -0.4 is 14.9 Å². The van der Waals surface area contributed by atoms with Gasteiger partial charge in [0.1, 0.15) is 5.54 Å². The van der Waals surface area contributed by atoms with E-state index >= 15 is 0 Å². The third-order valence-corrected chi connectivity index (χ3v) is 9.12. The maximum atomic E-state index is 13.2. The maximum absolute atomic E-state index is 13.2. The number of hydrogen-bond acceptors (Lipinski definition) is 10. The van der Waals surface area contributed by atoms with Crippen LogP contribution in [-0.4, -0.2) is 63.5 Å². The minimum atomic E-state index is -2.76. The Morgan fingerprint density at radius 1 is 1.27 bits per heavy atom. The Morgan fingerprint density at radius 3 is 2.51 bits per heavy atom. The molecule has 14 heteroatoms. The number of carbonyl (C=O) groups is 1. The Bertz CT molecular complexity index is 1250. The van der Waals surface area contributed by atoms with Gasteiger partial charge in [0, 0.05) is 55.5 Å². The molecule has 1 aromatic carbocycles. The number of halogens is 2. The lowest BCUT2D eigenvalue weighted by molar-refractivity contribution is -0.136. The van der Waals surface area contributed by atoms with Crippen molar-refractivity contribution in [2.24, 2.45) is 5.41 Å². The highest BCUT2D eigenvalue weighted by Gasteiger charge is 2.48. The first-order valence-electron chi connectivity index (χ1n) is 11.9. The molecule has 0 radical (unpaired) electrons. The number of aromatic nitrogens is 2. The molecule has 5 rings (SSSR count). The Kier molecular flexibility index (Phi) is 6.82. The van der Waals surface area contributed by atoms with Crippen LogP contribution in [0.25, 0.3) is 0 Å². The number of benzene rings is 1. The molecule has 1 aliphatic heterocycles. The molecule has 0 spiro atoms. The van der Waals surface area contributed by atoms with Crippen LogP contribution in [0.3, 0.4) is 0 Å². The van der Waals surface area contributed by atoms with Crippen molar-refractivity contribution in [3.05, 3.63) is 22.7 Å². The quantitative estimate of drug-likeness (QED) is 0.320. The van der Waals surface area contributed by atoms with Gasteiger partial charge in [0.05, 0.1) is 28.8 Å². The number of hydrogen-bond donors (Lipinski definition) is 3. The predicted octanol–water partition coefficient (Wildman–Crippen LogP) is 3.33. The molecule has 37 heavy (non-hydrogen) atoms. The fourth-order valence-corrected chi connectivity index (χ4v) is 6.03. The number of nitriles is 1. The molecule has 1 amide bonds. The van der Waals surface area contributed by atoms with Crippen molar-refractivity contribution < 1.29 is 18.1 Å². The van der Waals surface area contributed by atoms with Crippen LogP contribution in [0, 0.1) is 22.2 Å². The number of nitrogens with zero attached hydrogens (tertiary/aromatic N) is 5. The second kappa shape index (κ2) is 9.79. The van der Waals surface area contributed by atoms with Crippen LogP contribution in [0.1, 0.15) is 49.6 Å². The fourth-order valence-electron chi connectivity index (χ4n) is 4.26. The van der Waals surface area contributed by atoms with Crippen molar-refractivity contribution in [1.29, 1.82) is 10.7 Å². The molecule has 1 saturated heterocycles. The SMILES string of the molecule is CC1(C(=O)N2CCN(c3cc([S+]([O-])NC4(C#N)CC4)cc(Nc4nnc(C(F)F)s4)c3C=N)CC2)CC1.